The Morgan fingerprint density at radius 3 is 2.53 bits per heavy atom. The molecule has 2 atom stereocenters. The molecule has 1 saturated carbocycles. The Morgan fingerprint density at radius 2 is 1.79 bits per heavy atom. The fourth-order valence-corrected chi connectivity index (χ4v) is 3.01. The van der Waals surface area contributed by atoms with Gasteiger partial charge in [0, 0.05) is 12.0 Å². The van der Waals surface area contributed by atoms with Gasteiger partial charge in [0.25, 0.3) is 0 Å². The molecule has 0 saturated heterocycles. The zero-order valence-electron chi connectivity index (χ0n) is 11.2. The van der Waals surface area contributed by atoms with E-state index in [9.17, 15) is 13.2 Å². The van der Waals surface area contributed by atoms with E-state index in [0.29, 0.717) is 5.56 Å². The van der Waals surface area contributed by atoms with Gasteiger partial charge in [-0.2, -0.15) is 0 Å². The normalized spacial score (nSPS) is 24.2. The van der Waals surface area contributed by atoms with Gasteiger partial charge in [-0.3, -0.25) is 0 Å². The number of benzene rings is 1. The molecule has 1 aliphatic carbocycles. The summed E-state index contributed by atoms with van der Waals surface area (Å²) < 4.78 is 40.4. The van der Waals surface area contributed by atoms with Crippen LogP contribution in [0.5, 0.6) is 0 Å². The summed E-state index contributed by atoms with van der Waals surface area (Å²) in [6, 6.07) is 2.57. The van der Waals surface area contributed by atoms with Crippen molar-refractivity contribution in [1.82, 2.24) is 5.32 Å². The first-order chi connectivity index (χ1) is 9.15. The molecule has 0 aliphatic heterocycles. The first-order valence-electron chi connectivity index (χ1n) is 7.02. The third-order valence-electron chi connectivity index (χ3n) is 3.95. The zero-order chi connectivity index (χ0) is 13.8. The maximum Gasteiger partial charge on any atom is 0.194 e. The Morgan fingerprint density at radius 1 is 1.05 bits per heavy atom. The largest absolute Gasteiger partial charge is 0.314 e. The molecule has 0 radical (unpaired) electrons. The van der Waals surface area contributed by atoms with Crippen molar-refractivity contribution in [3.8, 4) is 0 Å². The summed E-state index contributed by atoms with van der Waals surface area (Å²) in [6.45, 7) is 2.80. The molecule has 19 heavy (non-hydrogen) atoms. The van der Waals surface area contributed by atoms with Crippen molar-refractivity contribution in [1.29, 1.82) is 0 Å². The number of hydrogen-bond acceptors (Lipinski definition) is 1. The molecule has 1 aromatic rings. The minimum absolute atomic E-state index is 0.0717. The Bertz CT molecular complexity index is 434. The fourth-order valence-electron chi connectivity index (χ4n) is 3.01. The van der Waals surface area contributed by atoms with E-state index in [1.54, 1.807) is 0 Å². The molecule has 1 nitrogen and oxygen atoms in total. The molecule has 1 aromatic carbocycles. The molecular weight excluding hydrogens is 251 g/mol. The van der Waals surface area contributed by atoms with Crippen molar-refractivity contribution in [3.63, 3.8) is 0 Å². The Labute approximate surface area is 112 Å². The van der Waals surface area contributed by atoms with E-state index >= 15 is 0 Å². The second kappa shape index (κ2) is 6.42. The molecular formula is C15H20F3N. The third-order valence-corrected chi connectivity index (χ3v) is 3.95. The van der Waals surface area contributed by atoms with Crippen LogP contribution in [-0.4, -0.2) is 12.6 Å². The van der Waals surface area contributed by atoms with Crippen LogP contribution in [0.1, 0.15) is 50.5 Å². The van der Waals surface area contributed by atoms with E-state index in [1.165, 1.54) is 6.07 Å². The van der Waals surface area contributed by atoms with Gasteiger partial charge in [0.05, 0.1) is 0 Å². The number of halogens is 3. The standard InChI is InChI=1S/C15H20F3N/c1-2-19-13-7-5-3-4-6-10(13)11-8-9-12(16)15(18)14(11)17/h8-10,13,19H,2-7H2,1H3. The second-order valence-corrected chi connectivity index (χ2v) is 5.17. The molecule has 0 bridgehead atoms. The molecule has 2 unspecified atom stereocenters. The van der Waals surface area contributed by atoms with Crippen LogP contribution < -0.4 is 5.32 Å². The second-order valence-electron chi connectivity index (χ2n) is 5.17. The summed E-state index contributed by atoms with van der Waals surface area (Å²) in [5.74, 6) is -3.56. The molecule has 0 heterocycles. The van der Waals surface area contributed by atoms with Gasteiger partial charge in [-0.25, -0.2) is 13.2 Å². The predicted octanol–water partition coefficient (Wildman–Crippen LogP) is 4.13. The molecule has 1 aliphatic rings. The molecule has 1 N–H and O–H groups in total. The van der Waals surface area contributed by atoms with Gasteiger partial charge >= 0.3 is 0 Å². The predicted molar refractivity (Wildman–Crippen MR) is 69.6 cm³/mol. The van der Waals surface area contributed by atoms with E-state index in [2.05, 4.69) is 5.32 Å². The van der Waals surface area contributed by atoms with Crippen molar-refractivity contribution in [2.24, 2.45) is 0 Å². The zero-order valence-corrected chi connectivity index (χ0v) is 11.2. The average molecular weight is 271 g/mol. The summed E-state index contributed by atoms with van der Waals surface area (Å²) in [7, 11) is 0. The van der Waals surface area contributed by atoms with Crippen LogP contribution in [0.15, 0.2) is 12.1 Å². The lowest BCUT2D eigenvalue weighted by atomic mass is 9.87. The summed E-state index contributed by atoms with van der Waals surface area (Å²) in [5, 5.41) is 3.35. The summed E-state index contributed by atoms with van der Waals surface area (Å²) >= 11 is 0. The lowest BCUT2D eigenvalue weighted by Crippen LogP contribution is -2.34. The smallest absolute Gasteiger partial charge is 0.194 e. The highest BCUT2D eigenvalue weighted by Crippen LogP contribution is 2.34. The van der Waals surface area contributed by atoms with Crippen LogP contribution in [-0.2, 0) is 0 Å². The van der Waals surface area contributed by atoms with Crippen LogP contribution in [0.3, 0.4) is 0 Å². The van der Waals surface area contributed by atoms with Gasteiger partial charge in [0.15, 0.2) is 17.5 Å². The SMILES string of the molecule is CCNC1CCCCCC1c1ccc(F)c(F)c1F. The highest BCUT2D eigenvalue weighted by Gasteiger charge is 2.28. The average Bonchev–Trinajstić information content (AvgIpc) is 2.63. The van der Waals surface area contributed by atoms with Crippen molar-refractivity contribution in [2.75, 3.05) is 6.54 Å². The highest BCUT2D eigenvalue weighted by molar-refractivity contribution is 5.26. The number of rotatable bonds is 3. The lowest BCUT2D eigenvalue weighted by Gasteiger charge is -2.26. The monoisotopic (exact) mass is 271 g/mol. The summed E-state index contributed by atoms with van der Waals surface area (Å²) in [4.78, 5) is 0. The Hall–Kier alpha value is -1.03. The minimum atomic E-state index is -1.35. The first kappa shape index (κ1) is 14.4. The van der Waals surface area contributed by atoms with Crippen molar-refractivity contribution >= 4 is 0 Å². The molecule has 2 rings (SSSR count). The van der Waals surface area contributed by atoms with Gasteiger partial charge in [-0.1, -0.05) is 32.3 Å². The van der Waals surface area contributed by atoms with E-state index in [-0.39, 0.29) is 12.0 Å². The van der Waals surface area contributed by atoms with E-state index in [4.69, 9.17) is 0 Å². The van der Waals surface area contributed by atoms with E-state index < -0.39 is 17.5 Å². The van der Waals surface area contributed by atoms with Gasteiger partial charge in [0.2, 0.25) is 0 Å². The van der Waals surface area contributed by atoms with Crippen LogP contribution >= 0.6 is 0 Å². The molecule has 0 spiro atoms. The van der Waals surface area contributed by atoms with Gasteiger partial charge in [0.1, 0.15) is 0 Å². The van der Waals surface area contributed by atoms with Gasteiger partial charge < -0.3 is 5.32 Å². The van der Waals surface area contributed by atoms with Gasteiger partial charge in [-0.15, -0.1) is 0 Å². The lowest BCUT2D eigenvalue weighted by molar-refractivity contribution is 0.389. The van der Waals surface area contributed by atoms with Crippen LogP contribution in [0.4, 0.5) is 13.2 Å². The van der Waals surface area contributed by atoms with E-state index in [0.717, 1.165) is 44.7 Å². The van der Waals surface area contributed by atoms with Crippen LogP contribution in [0.2, 0.25) is 0 Å². The minimum Gasteiger partial charge on any atom is -0.314 e. The molecule has 4 heteroatoms. The Kier molecular flexibility index (Phi) is 4.86. The maximum atomic E-state index is 14.0. The molecule has 0 aromatic heterocycles. The first-order valence-corrected chi connectivity index (χ1v) is 7.02. The highest BCUT2D eigenvalue weighted by atomic mass is 19.2. The molecule has 106 valence electrons. The van der Waals surface area contributed by atoms with Crippen LogP contribution in [0.25, 0.3) is 0 Å². The number of nitrogens with one attached hydrogen (secondary N) is 1. The summed E-state index contributed by atoms with van der Waals surface area (Å²) in [6.07, 6.45) is 4.99. The quantitative estimate of drug-likeness (QED) is 0.644. The third kappa shape index (κ3) is 3.11. The number of hydrogen-bond donors (Lipinski definition) is 1. The fraction of sp³-hybridized carbons (Fsp3) is 0.600. The maximum absolute atomic E-state index is 14.0. The Balaban J connectivity index is 2.33. The van der Waals surface area contributed by atoms with Crippen molar-refractivity contribution in [3.05, 3.63) is 35.1 Å². The van der Waals surface area contributed by atoms with Crippen molar-refractivity contribution < 1.29 is 13.2 Å². The van der Waals surface area contributed by atoms with E-state index in [1.807, 2.05) is 6.92 Å². The topological polar surface area (TPSA) is 12.0 Å². The van der Waals surface area contributed by atoms with Crippen molar-refractivity contribution in [2.45, 2.75) is 51.0 Å². The number of likely N-dealkylation sites (N-methyl/N-ethyl adjacent to an activating group) is 1. The van der Waals surface area contributed by atoms with Gasteiger partial charge in [-0.05, 0) is 31.0 Å². The summed E-state index contributed by atoms with van der Waals surface area (Å²) in [5.41, 5.74) is 0.312. The van der Waals surface area contributed by atoms with Crippen LogP contribution in [0, 0.1) is 17.5 Å². The molecule has 1 fully saturated rings. The molecule has 0 amide bonds.